The molecule has 6 nitrogen and oxygen atoms in total. The van der Waals surface area contributed by atoms with Gasteiger partial charge in [0.2, 0.25) is 0 Å². The maximum absolute atomic E-state index is 8.94. The lowest BCUT2D eigenvalue weighted by Crippen LogP contribution is -2.42. The number of likely N-dealkylation sites (tertiary alicyclic amines) is 1. The van der Waals surface area contributed by atoms with Crippen LogP contribution in [0.4, 0.5) is 0 Å². The van der Waals surface area contributed by atoms with E-state index < -0.39 is 0 Å². The molecule has 0 radical (unpaired) electrons. The molecule has 0 bridgehead atoms. The van der Waals surface area contributed by atoms with Crippen LogP contribution in [0, 0.1) is 11.3 Å². The molecule has 158 valence electrons. The van der Waals surface area contributed by atoms with E-state index in [2.05, 4.69) is 40.7 Å². The quantitative estimate of drug-likeness (QED) is 0.520. The Morgan fingerprint density at radius 2 is 1.80 bits per heavy atom. The lowest BCUT2D eigenvalue weighted by atomic mass is 10.1. The van der Waals surface area contributed by atoms with Crippen LogP contribution in [0.1, 0.15) is 42.5 Å². The maximum atomic E-state index is 8.94. The highest BCUT2D eigenvalue weighted by Gasteiger charge is 2.23. The Labute approximate surface area is 179 Å². The van der Waals surface area contributed by atoms with Crippen LogP contribution in [0.25, 0.3) is 0 Å². The number of hydrogen-bond acceptors (Lipinski definition) is 4. The van der Waals surface area contributed by atoms with E-state index in [0.29, 0.717) is 12.1 Å². The number of nitriles is 1. The van der Waals surface area contributed by atoms with Gasteiger partial charge in [-0.15, -0.1) is 0 Å². The molecule has 0 aromatic heterocycles. The van der Waals surface area contributed by atoms with Crippen molar-refractivity contribution in [3.05, 3.63) is 65.2 Å². The molecule has 0 spiro atoms. The summed E-state index contributed by atoms with van der Waals surface area (Å²) in [6.45, 7) is 6.47. The summed E-state index contributed by atoms with van der Waals surface area (Å²) >= 11 is 0. The van der Waals surface area contributed by atoms with Gasteiger partial charge in [-0.3, -0.25) is 4.90 Å². The predicted molar refractivity (Wildman–Crippen MR) is 121 cm³/mol. The molecule has 1 unspecified atom stereocenters. The summed E-state index contributed by atoms with van der Waals surface area (Å²) in [6.07, 6.45) is 2.50. The number of rotatable bonds is 8. The number of methoxy groups -OCH3 is 1. The second-order valence-electron chi connectivity index (χ2n) is 7.42. The third-order valence-electron chi connectivity index (χ3n) is 5.39. The first-order chi connectivity index (χ1) is 14.7. The van der Waals surface area contributed by atoms with Crippen molar-refractivity contribution in [3.8, 4) is 11.8 Å². The largest absolute Gasteiger partial charge is 0.497 e. The smallest absolute Gasteiger partial charge is 0.191 e. The SMILES string of the molecule is CCNC(=NCc1ccc(C#N)cc1)NCC(c1ccc(OC)cc1)N1CCCC1. The first-order valence-electron chi connectivity index (χ1n) is 10.6. The molecule has 6 heteroatoms. The highest BCUT2D eigenvalue weighted by atomic mass is 16.5. The van der Waals surface area contributed by atoms with Gasteiger partial charge >= 0.3 is 0 Å². The Bertz CT molecular complexity index is 849. The van der Waals surface area contributed by atoms with Gasteiger partial charge < -0.3 is 15.4 Å². The van der Waals surface area contributed by atoms with E-state index in [1.54, 1.807) is 7.11 Å². The van der Waals surface area contributed by atoms with Gasteiger partial charge in [-0.1, -0.05) is 24.3 Å². The van der Waals surface area contributed by atoms with Crippen molar-refractivity contribution in [3.63, 3.8) is 0 Å². The number of nitrogens with one attached hydrogen (secondary N) is 2. The Balaban J connectivity index is 1.68. The number of guanidine groups is 1. The molecule has 1 aliphatic heterocycles. The summed E-state index contributed by atoms with van der Waals surface area (Å²) in [5.41, 5.74) is 3.03. The average Bonchev–Trinajstić information content (AvgIpc) is 3.33. The predicted octanol–water partition coefficient (Wildman–Crippen LogP) is 3.46. The van der Waals surface area contributed by atoms with Gasteiger partial charge in [0.15, 0.2) is 5.96 Å². The summed E-state index contributed by atoms with van der Waals surface area (Å²) in [4.78, 5) is 7.27. The minimum atomic E-state index is 0.289. The van der Waals surface area contributed by atoms with E-state index in [9.17, 15) is 0 Å². The number of aliphatic imine (C=N–C) groups is 1. The van der Waals surface area contributed by atoms with Crippen molar-refractivity contribution in [1.29, 1.82) is 5.26 Å². The van der Waals surface area contributed by atoms with Crippen molar-refractivity contribution in [2.24, 2.45) is 4.99 Å². The molecule has 1 atom stereocenters. The minimum absolute atomic E-state index is 0.289. The molecular formula is C24H31N5O. The first kappa shape index (κ1) is 21.7. The molecule has 1 aliphatic rings. The number of ether oxygens (including phenoxy) is 1. The van der Waals surface area contributed by atoms with E-state index in [-0.39, 0.29) is 6.04 Å². The Hall–Kier alpha value is -3.04. The molecule has 1 heterocycles. The van der Waals surface area contributed by atoms with Gasteiger partial charge in [0.1, 0.15) is 5.75 Å². The van der Waals surface area contributed by atoms with E-state index in [0.717, 1.165) is 43.5 Å². The molecule has 2 aromatic carbocycles. The zero-order valence-corrected chi connectivity index (χ0v) is 17.9. The Morgan fingerprint density at radius 3 is 2.40 bits per heavy atom. The van der Waals surface area contributed by atoms with Crippen LogP contribution in [0.3, 0.4) is 0 Å². The van der Waals surface area contributed by atoms with Crippen LogP contribution < -0.4 is 15.4 Å². The second kappa shape index (κ2) is 11.2. The van der Waals surface area contributed by atoms with E-state index in [1.165, 1.54) is 18.4 Å². The normalized spacial score (nSPS) is 15.4. The van der Waals surface area contributed by atoms with Crippen molar-refractivity contribution in [2.75, 3.05) is 33.3 Å². The lowest BCUT2D eigenvalue weighted by molar-refractivity contribution is 0.245. The third-order valence-corrected chi connectivity index (χ3v) is 5.39. The summed E-state index contributed by atoms with van der Waals surface area (Å²) in [5, 5.41) is 15.8. The highest BCUT2D eigenvalue weighted by molar-refractivity contribution is 5.79. The molecular weight excluding hydrogens is 374 g/mol. The topological polar surface area (TPSA) is 72.7 Å². The molecule has 1 saturated heterocycles. The highest BCUT2D eigenvalue weighted by Crippen LogP contribution is 2.26. The van der Waals surface area contributed by atoms with E-state index in [1.807, 2.05) is 36.4 Å². The fourth-order valence-corrected chi connectivity index (χ4v) is 3.73. The average molecular weight is 406 g/mol. The summed E-state index contributed by atoms with van der Waals surface area (Å²) in [7, 11) is 1.70. The Morgan fingerprint density at radius 1 is 1.10 bits per heavy atom. The van der Waals surface area contributed by atoms with Gasteiger partial charge in [-0.25, -0.2) is 4.99 Å². The fourth-order valence-electron chi connectivity index (χ4n) is 3.73. The van der Waals surface area contributed by atoms with Crippen LogP contribution >= 0.6 is 0 Å². The van der Waals surface area contributed by atoms with Crippen LogP contribution in [-0.2, 0) is 6.54 Å². The van der Waals surface area contributed by atoms with Crippen LogP contribution in [0.2, 0.25) is 0 Å². The number of nitrogens with zero attached hydrogens (tertiary/aromatic N) is 3. The van der Waals surface area contributed by atoms with E-state index in [4.69, 9.17) is 15.0 Å². The summed E-state index contributed by atoms with van der Waals surface area (Å²) in [6, 6.07) is 18.4. The Kier molecular flexibility index (Phi) is 8.10. The van der Waals surface area contributed by atoms with E-state index >= 15 is 0 Å². The van der Waals surface area contributed by atoms with Crippen LogP contribution in [0.15, 0.2) is 53.5 Å². The maximum Gasteiger partial charge on any atom is 0.191 e. The van der Waals surface area contributed by atoms with Crippen molar-refractivity contribution >= 4 is 5.96 Å². The molecule has 2 aromatic rings. The first-order valence-corrected chi connectivity index (χ1v) is 10.6. The van der Waals surface area contributed by atoms with Crippen LogP contribution in [-0.4, -0.2) is 44.1 Å². The zero-order valence-electron chi connectivity index (χ0n) is 17.9. The molecule has 0 saturated carbocycles. The van der Waals surface area contributed by atoms with Gasteiger partial charge in [-0.05, 0) is 68.2 Å². The molecule has 3 rings (SSSR count). The summed E-state index contributed by atoms with van der Waals surface area (Å²) < 4.78 is 5.32. The van der Waals surface area contributed by atoms with Crippen molar-refractivity contribution in [1.82, 2.24) is 15.5 Å². The molecule has 2 N–H and O–H groups in total. The zero-order chi connectivity index (χ0) is 21.2. The molecule has 0 amide bonds. The fraction of sp³-hybridized carbons (Fsp3) is 0.417. The summed E-state index contributed by atoms with van der Waals surface area (Å²) in [5.74, 6) is 1.68. The lowest BCUT2D eigenvalue weighted by Gasteiger charge is -2.29. The van der Waals surface area contributed by atoms with Gasteiger partial charge in [0, 0.05) is 13.1 Å². The standard InChI is InChI=1S/C24H31N5O/c1-3-26-24(27-17-20-8-6-19(16-25)7-9-20)28-18-23(29-14-4-5-15-29)21-10-12-22(30-2)13-11-21/h6-13,23H,3-5,14-15,17-18H2,1-2H3,(H2,26,27,28). The monoisotopic (exact) mass is 405 g/mol. The van der Waals surface area contributed by atoms with Gasteiger partial charge in [-0.2, -0.15) is 5.26 Å². The second-order valence-corrected chi connectivity index (χ2v) is 7.42. The number of benzene rings is 2. The van der Waals surface area contributed by atoms with Gasteiger partial charge in [0.25, 0.3) is 0 Å². The van der Waals surface area contributed by atoms with Crippen molar-refractivity contribution in [2.45, 2.75) is 32.4 Å². The molecule has 0 aliphatic carbocycles. The molecule has 30 heavy (non-hydrogen) atoms. The van der Waals surface area contributed by atoms with Crippen LogP contribution in [0.5, 0.6) is 5.75 Å². The number of hydrogen-bond donors (Lipinski definition) is 2. The minimum Gasteiger partial charge on any atom is -0.497 e. The third kappa shape index (κ3) is 5.98. The van der Waals surface area contributed by atoms with Gasteiger partial charge in [0.05, 0.1) is 31.3 Å². The molecule has 1 fully saturated rings. The van der Waals surface area contributed by atoms with Crippen molar-refractivity contribution < 1.29 is 4.74 Å².